The Morgan fingerprint density at radius 3 is 2.37 bits per heavy atom. The molecule has 2 aromatic carbocycles. The first-order valence-electron chi connectivity index (χ1n) is 13.7. The Labute approximate surface area is 223 Å². The molecule has 8 nitrogen and oxygen atoms in total. The normalized spacial score (nSPS) is 20.6. The number of fused-ring (bicyclic) bond motifs is 3. The van der Waals surface area contributed by atoms with E-state index in [9.17, 15) is 4.79 Å². The summed E-state index contributed by atoms with van der Waals surface area (Å²) in [6.45, 7) is 7.80. The zero-order valence-electron chi connectivity index (χ0n) is 23.1. The SMILES string of the molecule is CN(C)C1CCN(c2ccc(-c3ccc4nnc5c(c4c3)n([C@@H]3CCOCC3(C)C)c(=O)n5C)cc2)CC1. The molecular formula is C30H38N6O2. The molecule has 4 heterocycles. The molecule has 0 N–H and O–H groups in total. The number of imidazole rings is 1. The van der Waals surface area contributed by atoms with Crippen molar-refractivity contribution in [2.75, 3.05) is 45.3 Å². The number of piperidine rings is 1. The molecule has 1 atom stereocenters. The number of benzene rings is 2. The van der Waals surface area contributed by atoms with Gasteiger partial charge in [0.1, 0.15) is 5.52 Å². The lowest BCUT2D eigenvalue weighted by molar-refractivity contribution is -0.0253. The Morgan fingerprint density at radius 1 is 0.974 bits per heavy atom. The molecule has 2 saturated heterocycles. The van der Waals surface area contributed by atoms with E-state index >= 15 is 0 Å². The van der Waals surface area contributed by atoms with Gasteiger partial charge in [-0.15, -0.1) is 10.2 Å². The largest absolute Gasteiger partial charge is 0.381 e. The molecule has 8 heteroatoms. The molecule has 0 radical (unpaired) electrons. The van der Waals surface area contributed by atoms with Crippen molar-refractivity contribution in [3.05, 3.63) is 52.9 Å². The average Bonchev–Trinajstić information content (AvgIpc) is 3.18. The van der Waals surface area contributed by atoms with Crippen molar-refractivity contribution in [2.24, 2.45) is 12.5 Å². The van der Waals surface area contributed by atoms with Crippen LogP contribution in [0.1, 0.15) is 39.2 Å². The van der Waals surface area contributed by atoms with Gasteiger partial charge in [0.05, 0.1) is 12.1 Å². The van der Waals surface area contributed by atoms with Crippen molar-refractivity contribution in [3.8, 4) is 11.1 Å². The number of anilines is 1. The third kappa shape index (κ3) is 4.20. The molecule has 200 valence electrons. The molecule has 0 aliphatic carbocycles. The van der Waals surface area contributed by atoms with E-state index in [-0.39, 0.29) is 17.1 Å². The second kappa shape index (κ2) is 9.50. The van der Waals surface area contributed by atoms with Crippen molar-refractivity contribution < 1.29 is 4.74 Å². The standard InChI is InChI=1S/C30H38N6O2/c1-30(2)19-38-17-14-26(30)36-27-24-18-21(8-11-25(24)31-32-28(27)34(5)29(36)37)20-6-9-23(10-7-20)35-15-12-22(13-16-35)33(3)4/h6-11,18,22,26H,12-17,19H2,1-5H3/t26-/m1/s1. The van der Waals surface area contributed by atoms with Gasteiger partial charge < -0.3 is 14.5 Å². The molecule has 2 aromatic heterocycles. The lowest BCUT2D eigenvalue weighted by Crippen LogP contribution is -2.41. The minimum Gasteiger partial charge on any atom is -0.381 e. The third-order valence-corrected chi connectivity index (χ3v) is 8.75. The number of nitrogens with zero attached hydrogens (tertiary/aromatic N) is 6. The van der Waals surface area contributed by atoms with Crippen LogP contribution < -0.4 is 10.6 Å². The van der Waals surface area contributed by atoms with Crippen LogP contribution in [0.25, 0.3) is 33.2 Å². The van der Waals surface area contributed by atoms with Gasteiger partial charge in [-0.05, 0) is 68.8 Å². The third-order valence-electron chi connectivity index (χ3n) is 8.75. The van der Waals surface area contributed by atoms with Gasteiger partial charge in [0, 0.05) is 55.3 Å². The summed E-state index contributed by atoms with van der Waals surface area (Å²) < 4.78 is 9.36. The van der Waals surface area contributed by atoms with E-state index in [1.165, 1.54) is 18.5 Å². The van der Waals surface area contributed by atoms with Crippen molar-refractivity contribution in [1.29, 1.82) is 0 Å². The summed E-state index contributed by atoms with van der Waals surface area (Å²) in [5.74, 6) is 0. The molecule has 2 aliphatic rings. The monoisotopic (exact) mass is 514 g/mol. The van der Waals surface area contributed by atoms with Crippen LogP contribution in [-0.4, -0.2) is 70.7 Å². The van der Waals surface area contributed by atoms with Crippen LogP contribution in [0.4, 0.5) is 5.69 Å². The lowest BCUT2D eigenvalue weighted by Gasteiger charge is -2.38. The fourth-order valence-corrected chi connectivity index (χ4v) is 6.36. The van der Waals surface area contributed by atoms with Crippen LogP contribution in [0, 0.1) is 5.41 Å². The van der Waals surface area contributed by atoms with Gasteiger partial charge in [-0.25, -0.2) is 4.79 Å². The molecule has 0 bridgehead atoms. The molecule has 38 heavy (non-hydrogen) atoms. The summed E-state index contributed by atoms with van der Waals surface area (Å²) in [5, 5.41) is 9.90. The number of aryl methyl sites for hydroxylation is 1. The topological polar surface area (TPSA) is 68.4 Å². The van der Waals surface area contributed by atoms with Crippen LogP contribution in [-0.2, 0) is 11.8 Å². The molecule has 4 aromatic rings. The van der Waals surface area contributed by atoms with Gasteiger partial charge in [0.2, 0.25) is 0 Å². The maximum Gasteiger partial charge on any atom is 0.330 e. The molecule has 0 saturated carbocycles. The highest BCUT2D eigenvalue weighted by atomic mass is 16.5. The first kappa shape index (κ1) is 25.1. The quantitative estimate of drug-likeness (QED) is 0.400. The highest BCUT2D eigenvalue weighted by Gasteiger charge is 2.37. The molecule has 0 spiro atoms. The zero-order valence-corrected chi connectivity index (χ0v) is 23.1. The van der Waals surface area contributed by atoms with E-state index in [1.54, 1.807) is 11.6 Å². The Hall–Kier alpha value is -3.23. The van der Waals surface area contributed by atoms with Gasteiger partial charge in [0.25, 0.3) is 0 Å². The number of hydrogen-bond donors (Lipinski definition) is 0. The Bertz CT molecular complexity index is 1530. The first-order chi connectivity index (χ1) is 18.2. The van der Waals surface area contributed by atoms with Gasteiger partial charge in [-0.3, -0.25) is 9.13 Å². The number of hydrogen-bond acceptors (Lipinski definition) is 6. The highest BCUT2D eigenvalue weighted by molar-refractivity contribution is 6.02. The number of aromatic nitrogens is 4. The van der Waals surface area contributed by atoms with E-state index in [4.69, 9.17) is 4.74 Å². The predicted molar refractivity (Wildman–Crippen MR) is 153 cm³/mol. The van der Waals surface area contributed by atoms with Crippen molar-refractivity contribution in [1.82, 2.24) is 24.2 Å². The van der Waals surface area contributed by atoms with Crippen molar-refractivity contribution in [2.45, 2.75) is 45.2 Å². The summed E-state index contributed by atoms with van der Waals surface area (Å²) in [6.07, 6.45) is 3.18. The van der Waals surface area contributed by atoms with Crippen molar-refractivity contribution >= 4 is 27.8 Å². The van der Waals surface area contributed by atoms with E-state index in [0.29, 0.717) is 24.9 Å². The summed E-state index contributed by atoms with van der Waals surface area (Å²) in [6, 6.07) is 15.9. The average molecular weight is 515 g/mol. The Balaban J connectivity index is 1.39. The van der Waals surface area contributed by atoms with Crippen LogP contribution >= 0.6 is 0 Å². The van der Waals surface area contributed by atoms with Gasteiger partial charge in [-0.1, -0.05) is 32.0 Å². The molecule has 2 fully saturated rings. The first-order valence-corrected chi connectivity index (χ1v) is 13.7. The fourth-order valence-electron chi connectivity index (χ4n) is 6.36. The molecule has 0 amide bonds. The number of rotatable bonds is 4. The minimum absolute atomic E-state index is 0.0272. The molecular weight excluding hydrogens is 476 g/mol. The van der Waals surface area contributed by atoms with E-state index in [1.807, 2.05) is 10.6 Å². The molecule has 6 rings (SSSR count). The van der Waals surface area contributed by atoms with Crippen LogP contribution in [0.2, 0.25) is 0 Å². The summed E-state index contributed by atoms with van der Waals surface area (Å²) in [7, 11) is 6.15. The van der Waals surface area contributed by atoms with Gasteiger partial charge >= 0.3 is 5.69 Å². The van der Waals surface area contributed by atoms with E-state index in [0.717, 1.165) is 47.1 Å². The zero-order chi connectivity index (χ0) is 26.6. The smallest absolute Gasteiger partial charge is 0.330 e. The van der Waals surface area contributed by atoms with Gasteiger partial charge in [-0.2, -0.15) is 0 Å². The number of ether oxygens (including phenoxy) is 1. The van der Waals surface area contributed by atoms with Crippen LogP contribution in [0.5, 0.6) is 0 Å². The van der Waals surface area contributed by atoms with Crippen molar-refractivity contribution in [3.63, 3.8) is 0 Å². The predicted octanol–water partition coefficient (Wildman–Crippen LogP) is 4.47. The highest BCUT2D eigenvalue weighted by Crippen LogP contribution is 2.39. The van der Waals surface area contributed by atoms with Gasteiger partial charge in [0.15, 0.2) is 5.65 Å². The van der Waals surface area contributed by atoms with Crippen LogP contribution in [0.3, 0.4) is 0 Å². The lowest BCUT2D eigenvalue weighted by atomic mass is 9.81. The van der Waals surface area contributed by atoms with Crippen LogP contribution in [0.15, 0.2) is 47.3 Å². The van der Waals surface area contributed by atoms with E-state index in [2.05, 4.69) is 84.3 Å². The Kier molecular flexibility index (Phi) is 6.27. The van der Waals surface area contributed by atoms with E-state index < -0.39 is 0 Å². The minimum atomic E-state index is -0.166. The Morgan fingerprint density at radius 2 is 1.68 bits per heavy atom. The second-order valence-corrected chi connectivity index (χ2v) is 11.9. The maximum absolute atomic E-state index is 13.5. The summed E-state index contributed by atoms with van der Waals surface area (Å²) >= 11 is 0. The molecule has 2 aliphatic heterocycles. The fraction of sp³-hybridized carbons (Fsp3) is 0.500. The summed E-state index contributed by atoms with van der Waals surface area (Å²) in [4.78, 5) is 18.4. The molecule has 0 unspecified atom stereocenters. The maximum atomic E-state index is 13.5. The summed E-state index contributed by atoms with van der Waals surface area (Å²) in [5.41, 5.74) is 5.61. The second-order valence-electron chi connectivity index (χ2n) is 11.9.